The molecule has 1 radical (unpaired) electrons. The van der Waals surface area contributed by atoms with Crippen LogP contribution in [-0.2, 0) is 0 Å². The van der Waals surface area contributed by atoms with Crippen molar-refractivity contribution in [2.45, 2.75) is 0 Å². The van der Waals surface area contributed by atoms with Crippen LogP contribution in [0.25, 0.3) is 21.5 Å². The highest BCUT2D eigenvalue weighted by Crippen LogP contribution is 2.29. The van der Waals surface area contributed by atoms with Gasteiger partial charge in [0.1, 0.15) is 0 Å². The number of fused-ring (bicyclic) bond motifs is 2. The fourth-order valence-corrected chi connectivity index (χ4v) is 2.17. The first-order valence-corrected chi connectivity index (χ1v) is 5.24. The van der Waals surface area contributed by atoms with Gasteiger partial charge >= 0.3 is 0 Å². The van der Waals surface area contributed by atoms with E-state index in [1.165, 1.54) is 0 Å². The Morgan fingerprint density at radius 3 is 1.75 bits per heavy atom. The number of halogens is 1. The third-order valence-corrected chi connectivity index (χ3v) is 2.92. The van der Waals surface area contributed by atoms with Crippen molar-refractivity contribution in [3.8, 4) is 0 Å². The van der Waals surface area contributed by atoms with Gasteiger partial charge in [-0.2, -0.15) is 0 Å². The Hall–Kier alpha value is -1.89. The van der Waals surface area contributed by atoms with Gasteiger partial charge in [0, 0.05) is 5.56 Å². The Balaban J connectivity index is 2.56. The first-order chi connectivity index (χ1) is 7.90. The van der Waals surface area contributed by atoms with Gasteiger partial charge in [0.2, 0.25) is 0 Å². The molecule has 77 valence electrons. The Bertz CT molecular complexity index is 602. The summed E-state index contributed by atoms with van der Waals surface area (Å²) >= 11 is 0. The van der Waals surface area contributed by atoms with Crippen LogP contribution in [-0.4, -0.2) is 0 Å². The summed E-state index contributed by atoms with van der Waals surface area (Å²) in [5, 5.41) is 4.07. The summed E-state index contributed by atoms with van der Waals surface area (Å²) in [6, 6.07) is 17.8. The van der Waals surface area contributed by atoms with Crippen LogP contribution in [0.1, 0.15) is 5.56 Å². The van der Waals surface area contributed by atoms with E-state index >= 15 is 0 Å². The molecule has 0 bridgehead atoms. The molecule has 1 heteroatoms. The highest BCUT2D eigenvalue weighted by molar-refractivity contribution is 6.03. The van der Waals surface area contributed by atoms with Crippen molar-refractivity contribution in [2.75, 3.05) is 0 Å². The van der Waals surface area contributed by atoms with Crippen molar-refractivity contribution in [1.29, 1.82) is 0 Å². The van der Waals surface area contributed by atoms with E-state index in [4.69, 9.17) is 0 Å². The maximum atomic E-state index is 13.1. The molecular weight excluding hydrogens is 199 g/mol. The largest absolute Gasteiger partial charge is 0.239 e. The Morgan fingerprint density at radius 2 is 1.25 bits per heavy atom. The second kappa shape index (κ2) is 3.60. The minimum absolute atomic E-state index is 0.675. The highest BCUT2D eigenvalue weighted by Gasteiger charge is 2.06. The molecule has 0 saturated heterocycles. The minimum atomic E-state index is 0.675. The van der Waals surface area contributed by atoms with Gasteiger partial charge in [-0.25, -0.2) is 4.39 Å². The molecule has 3 aromatic carbocycles. The van der Waals surface area contributed by atoms with Crippen molar-refractivity contribution in [3.63, 3.8) is 0 Å². The van der Waals surface area contributed by atoms with Gasteiger partial charge in [-0.3, -0.25) is 0 Å². The zero-order valence-electron chi connectivity index (χ0n) is 8.65. The summed E-state index contributed by atoms with van der Waals surface area (Å²) in [6.07, 6.45) is 0. The van der Waals surface area contributed by atoms with Gasteiger partial charge < -0.3 is 0 Å². The van der Waals surface area contributed by atoms with E-state index in [2.05, 4.69) is 6.07 Å². The molecule has 0 spiro atoms. The molecule has 0 unspecified atom stereocenters. The van der Waals surface area contributed by atoms with Crippen LogP contribution >= 0.6 is 0 Å². The van der Waals surface area contributed by atoms with Crippen LogP contribution in [0.4, 0.5) is 4.39 Å². The minimum Gasteiger partial charge on any atom is -0.239 e. The molecule has 0 nitrogen and oxygen atoms in total. The molecule has 0 N–H and O–H groups in total. The summed E-state index contributed by atoms with van der Waals surface area (Å²) < 4.78 is 13.1. The summed E-state index contributed by atoms with van der Waals surface area (Å²) in [4.78, 5) is 0. The fourth-order valence-electron chi connectivity index (χ4n) is 2.17. The third-order valence-electron chi connectivity index (χ3n) is 2.92. The second-order valence-electron chi connectivity index (χ2n) is 3.84. The average molecular weight is 209 g/mol. The topological polar surface area (TPSA) is 0 Å². The van der Waals surface area contributed by atoms with E-state index < -0.39 is 0 Å². The SMILES string of the molecule is F[CH]c1c2ccccc2cc2ccccc12. The maximum absolute atomic E-state index is 13.1. The van der Waals surface area contributed by atoms with Crippen LogP contribution in [0.2, 0.25) is 0 Å². The number of benzene rings is 3. The molecule has 16 heavy (non-hydrogen) atoms. The van der Waals surface area contributed by atoms with Crippen molar-refractivity contribution in [1.82, 2.24) is 0 Å². The Labute approximate surface area is 93.3 Å². The van der Waals surface area contributed by atoms with E-state index in [0.717, 1.165) is 21.5 Å². The lowest BCUT2D eigenvalue weighted by atomic mass is 9.98. The highest BCUT2D eigenvalue weighted by atomic mass is 19.1. The molecule has 0 fully saturated rings. The number of rotatable bonds is 1. The quantitative estimate of drug-likeness (QED) is 0.518. The molecule has 3 rings (SSSR count). The smallest absolute Gasteiger partial charge is 0.162 e. The van der Waals surface area contributed by atoms with E-state index in [1.54, 1.807) is 0 Å². The Kier molecular flexibility index (Phi) is 2.10. The van der Waals surface area contributed by atoms with Gasteiger partial charge in [0.25, 0.3) is 0 Å². The summed E-state index contributed by atoms with van der Waals surface area (Å²) in [5.74, 6) is 0. The predicted molar refractivity (Wildman–Crippen MR) is 66.0 cm³/mol. The van der Waals surface area contributed by atoms with E-state index in [-0.39, 0.29) is 0 Å². The average Bonchev–Trinajstić information content (AvgIpc) is 2.36. The van der Waals surface area contributed by atoms with Crippen LogP contribution in [0.15, 0.2) is 54.6 Å². The summed E-state index contributed by atoms with van der Waals surface area (Å²) in [7, 11) is 0. The molecule has 0 atom stereocenters. The van der Waals surface area contributed by atoms with Gasteiger partial charge in [-0.15, -0.1) is 0 Å². The van der Waals surface area contributed by atoms with Crippen molar-refractivity contribution < 1.29 is 4.39 Å². The lowest BCUT2D eigenvalue weighted by Crippen LogP contribution is -1.84. The summed E-state index contributed by atoms with van der Waals surface area (Å²) in [6.45, 7) is 0.699. The second-order valence-corrected chi connectivity index (χ2v) is 3.84. The van der Waals surface area contributed by atoms with Crippen molar-refractivity contribution in [3.05, 3.63) is 66.8 Å². The van der Waals surface area contributed by atoms with Crippen LogP contribution in [0, 0.1) is 6.67 Å². The molecule has 0 amide bonds. The lowest BCUT2D eigenvalue weighted by molar-refractivity contribution is 0.650. The fraction of sp³-hybridized carbons (Fsp3) is 0. The lowest BCUT2D eigenvalue weighted by Gasteiger charge is -2.07. The monoisotopic (exact) mass is 209 g/mol. The maximum Gasteiger partial charge on any atom is 0.162 e. The first kappa shape index (κ1) is 9.34. The molecule has 0 heterocycles. The van der Waals surface area contributed by atoms with Crippen molar-refractivity contribution in [2.24, 2.45) is 0 Å². The van der Waals surface area contributed by atoms with Crippen LogP contribution in [0.5, 0.6) is 0 Å². The van der Waals surface area contributed by atoms with E-state index in [0.29, 0.717) is 12.2 Å². The van der Waals surface area contributed by atoms with Gasteiger partial charge in [0.05, 0.1) is 0 Å². The van der Waals surface area contributed by atoms with Crippen molar-refractivity contribution >= 4 is 21.5 Å². The molecule has 0 saturated carbocycles. The molecule has 0 aliphatic rings. The number of hydrogen-bond donors (Lipinski definition) is 0. The zero-order chi connectivity index (χ0) is 11.0. The molecule has 0 aliphatic heterocycles. The van der Waals surface area contributed by atoms with Crippen LogP contribution < -0.4 is 0 Å². The Morgan fingerprint density at radius 1 is 0.750 bits per heavy atom. The molecule has 0 aromatic heterocycles. The zero-order valence-corrected chi connectivity index (χ0v) is 8.65. The molecular formula is C15H10F. The van der Waals surface area contributed by atoms with E-state index in [1.807, 2.05) is 48.5 Å². The summed E-state index contributed by atoms with van der Waals surface area (Å²) in [5.41, 5.74) is 0.675. The normalized spacial score (nSPS) is 11.1. The van der Waals surface area contributed by atoms with Crippen LogP contribution in [0.3, 0.4) is 0 Å². The molecule has 0 aliphatic carbocycles. The first-order valence-electron chi connectivity index (χ1n) is 5.24. The predicted octanol–water partition coefficient (Wildman–Crippen LogP) is 4.47. The van der Waals surface area contributed by atoms with E-state index in [9.17, 15) is 4.39 Å². The van der Waals surface area contributed by atoms with Gasteiger partial charge in [0.15, 0.2) is 6.67 Å². The van der Waals surface area contributed by atoms with Gasteiger partial charge in [-0.05, 0) is 27.6 Å². The third kappa shape index (κ3) is 1.28. The van der Waals surface area contributed by atoms with Gasteiger partial charge in [-0.1, -0.05) is 48.5 Å². The standard InChI is InChI=1S/C15H10F/c16-10-15-13-7-3-1-5-11(13)9-12-6-2-4-8-14(12)15/h1-10H. The molecule has 3 aromatic rings. The number of hydrogen-bond acceptors (Lipinski definition) is 0.